The minimum atomic E-state index is -0.179. The van der Waals surface area contributed by atoms with E-state index in [-0.39, 0.29) is 24.3 Å². The lowest BCUT2D eigenvalue weighted by molar-refractivity contribution is -0.121. The summed E-state index contributed by atoms with van der Waals surface area (Å²) in [6.45, 7) is 6.72. The number of hydrogen-bond acceptors (Lipinski definition) is 7. The van der Waals surface area contributed by atoms with E-state index in [0.29, 0.717) is 54.6 Å². The van der Waals surface area contributed by atoms with Crippen LogP contribution in [0.4, 0.5) is 5.82 Å². The van der Waals surface area contributed by atoms with Crippen molar-refractivity contribution in [1.29, 1.82) is 0 Å². The van der Waals surface area contributed by atoms with E-state index in [0.717, 1.165) is 11.3 Å². The summed E-state index contributed by atoms with van der Waals surface area (Å²) in [5.41, 5.74) is 2.15. The van der Waals surface area contributed by atoms with Gasteiger partial charge in [0, 0.05) is 25.1 Å². The first kappa shape index (κ1) is 21.6. The molecule has 0 bridgehead atoms. The predicted octanol–water partition coefficient (Wildman–Crippen LogP) is 3.66. The first-order valence-corrected chi connectivity index (χ1v) is 10.6. The molecule has 1 aliphatic rings. The number of hydrogen-bond donors (Lipinski definition) is 1. The van der Waals surface area contributed by atoms with Gasteiger partial charge in [-0.05, 0) is 45.7 Å². The lowest BCUT2D eigenvalue weighted by Crippen LogP contribution is -2.41. The van der Waals surface area contributed by atoms with E-state index < -0.39 is 0 Å². The molecule has 0 aliphatic carbocycles. The molecule has 0 spiro atoms. The number of likely N-dealkylation sites (tertiary alicyclic amines) is 1. The summed E-state index contributed by atoms with van der Waals surface area (Å²) < 4.78 is 16.1. The monoisotopic (exact) mass is 438 g/mol. The Morgan fingerprint density at radius 1 is 1.12 bits per heavy atom. The fourth-order valence-corrected chi connectivity index (χ4v) is 3.80. The van der Waals surface area contributed by atoms with E-state index in [9.17, 15) is 9.59 Å². The fraction of sp³-hybridized carbons (Fsp3) is 0.391. The second-order valence-corrected chi connectivity index (χ2v) is 7.97. The molecular formula is C23H26N4O5. The second-order valence-electron chi connectivity index (χ2n) is 7.97. The number of aryl methyl sites for hydroxylation is 3. The molecule has 0 saturated carbocycles. The zero-order valence-corrected chi connectivity index (χ0v) is 18.4. The minimum Gasteiger partial charge on any atom is -0.488 e. The number of nitrogens with one attached hydrogen (secondary N) is 1. The Bertz CT molecular complexity index is 1090. The number of benzene rings is 1. The maximum atomic E-state index is 13.2. The molecule has 4 rings (SSSR count). The number of carbonyl (C=O) groups is 2. The maximum absolute atomic E-state index is 13.2. The molecule has 9 nitrogen and oxygen atoms in total. The van der Waals surface area contributed by atoms with Gasteiger partial charge >= 0.3 is 0 Å². The smallest absolute Gasteiger partial charge is 0.257 e. The van der Waals surface area contributed by atoms with Crippen molar-refractivity contribution < 1.29 is 23.4 Å². The van der Waals surface area contributed by atoms with Gasteiger partial charge in [-0.15, -0.1) is 0 Å². The van der Waals surface area contributed by atoms with Crippen molar-refractivity contribution >= 4 is 17.6 Å². The van der Waals surface area contributed by atoms with Gasteiger partial charge in [-0.1, -0.05) is 22.4 Å². The van der Waals surface area contributed by atoms with Crippen molar-refractivity contribution in [3.8, 4) is 5.75 Å². The Hall–Kier alpha value is -3.62. The van der Waals surface area contributed by atoms with Gasteiger partial charge < -0.3 is 24.0 Å². The number of nitrogens with zero attached hydrogens (tertiary/aromatic N) is 3. The lowest BCUT2D eigenvalue weighted by Gasteiger charge is -2.31. The summed E-state index contributed by atoms with van der Waals surface area (Å²) in [4.78, 5) is 27.4. The molecule has 2 aromatic heterocycles. The number of anilines is 1. The molecule has 32 heavy (non-hydrogen) atoms. The molecular weight excluding hydrogens is 412 g/mol. The summed E-state index contributed by atoms with van der Waals surface area (Å²) in [6.07, 6.45) is 1.16. The highest BCUT2D eigenvalue weighted by molar-refractivity contribution is 5.97. The second kappa shape index (κ2) is 9.25. The summed E-state index contributed by atoms with van der Waals surface area (Å²) in [7, 11) is 0. The highest BCUT2D eigenvalue weighted by atomic mass is 16.5. The Labute approximate surface area is 185 Å². The number of carbonyl (C=O) groups excluding carboxylic acids is 2. The number of amides is 2. The SMILES string of the molecule is Cc1cc(NC(=O)C2CCN(C(=O)c3ccccc3OCc3c(C)noc3C)CC2)no1. The average molecular weight is 438 g/mol. The van der Waals surface area contributed by atoms with Crippen LogP contribution in [0.15, 0.2) is 39.4 Å². The van der Waals surface area contributed by atoms with E-state index in [1.807, 2.05) is 26.0 Å². The first-order chi connectivity index (χ1) is 15.4. The topological polar surface area (TPSA) is 111 Å². The van der Waals surface area contributed by atoms with Crippen LogP contribution in [0.1, 0.15) is 46.0 Å². The zero-order valence-electron chi connectivity index (χ0n) is 18.4. The van der Waals surface area contributed by atoms with Gasteiger partial charge in [0.15, 0.2) is 5.82 Å². The van der Waals surface area contributed by atoms with Crippen LogP contribution >= 0.6 is 0 Å². The maximum Gasteiger partial charge on any atom is 0.257 e. The van der Waals surface area contributed by atoms with Crippen LogP contribution in [0, 0.1) is 26.7 Å². The van der Waals surface area contributed by atoms with Gasteiger partial charge in [-0.25, -0.2) is 0 Å². The van der Waals surface area contributed by atoms with E-state index in [2.05, 4.69) is 15.6 Å². The average Bonchev–Trinajstić information content (AvgIpc) is 3.36. The van der Waals surface area contributed by atoms with Gasteiger partial charge in [0.25, 0.3) is 5.91 Å². The Kier molecular flexibility index (Phi) is 6.25. The van der Waals surface area contributed by atoms with Crippen molar-refractivity contribution in [2.24, 2.45) is 5.92 Å². The van der Waals surface area contributed by atoms with Crippen molar-refractivity contribution in [3.05, 3.63) is 58.7 Å². The molecule has 9 heteroatoms. The zero-order chi connectivity index (χ0) is 22.7. The molecule has 3 aromatic rings. The highest BCUT2D eigenvalue weighted by Crippen LogP contribution is 2.26. The number of rotatable bonds is 6. The normalized spacial score (nSPS) is 14.4. The van der Waals surface area contributed by atoms with E-state index in [4.69, 9.17) is 13.8 Å². The molecule has 0 atom stereocenters. The van der Waals surface area contributed by atoms with E-state index in [1.165, 1.54) is 0 Å². The van der Waals surface area contributed by atoms with Crippen LogP contribution in [-0.4, -0.2) is 40.1 Å². The summed E-state index contributed by atoms with van der Waals surface area (Å²) in [5.74, 6) is 1.87. The van der Waals surface area contributed by atoms with Crippen LogP contribution in [0.3, 0.4) is 0 Å². The molecule has 1 fully saturated rings. The first-order valence-electron chi connectivity index (χ1n) is 10.6. The van der Waals surface area contributed by atoms with Gasteiger partial charge in [0.05, 0.1) is 16.8 Å². The Morgan fingerprint density at radius 2 is 1.88 bits per heavy atom. The number of piperidine rings is 1. The summed E-state index contributed by atoms with van der Waals surface area (Å²) >= 11 is 0. The van der Waals surface area contributed by atoms with Crippen LogP contribution in [0.25, 0.3) is 0 Å². The lowest BCUT2D eigenvalue weighted by atomic mass is 9.95. The summed E-state index contributed by atoms with van der Waals surface area (Å²) in [6, 6.07) is 8.87. The summed E-state index contributed by atoms with van der Waals surface area (Å²) in [5, 5.41) is 10.5. The third-order valence-electron chi connectivity index (χ3n) is 5.70. The number of para-hydroxylation sites is 1. The van der Waals surface area contributed by atoms with Crippen molar-refractivity contribution in [1.82, 2.24) is 15.2 Å². The quantitative estimate of drug-likeness (QED) is 0.625. The van der Waals surface area contributed by atoms with Crippen molar-refractivity contribution in [2.45, 2.75) is 40.2 Å². The molecule has 168 valence electrons. The molecule has 2 amide bonds. The third-order valence-corrected chi connectivity index (χ3v) is 5.70. The fourth-order valence-electron chi connectivity index (χ4n) is 3.80. The van der Waals surface area contributed by atoms with Crippen LogP contribution in [0.5, 0.6) is 5.75 Å². The Morgan fingerprint density at radius 3 is 2.53 bits per heavy atom. The highest BCUT2D eigenvalue weighted by Gasteiger charge is 2.29. The largest absolute Gasteiger partial charge is 0.488 e. The van der Waals surface area contributed by atoms with Crippen molar-refractivity contribution in [3.63, 3.8) is 0 Å². The van der Waals surface area contributed by atoms with Gasteiger partial charge in [0.2, 0.25) is 5.91 Å². The van der Waals surface area contributed by atoms with Crippen molar-refractivity contribution in [2.75, 3.05) is 18.4 Å². The van der Waals surface area contributed by atoms with E-state index >= 15 is 0 Å². The minimum absolute atomic E-state index is 0.103. The molecule has 0 unspecified atom stereocenters. The van der Waals surface area contributed by atoms with Gasteiger partial charge in [-0.2, -0.15) is 0 Å². The third kappa shape index (κ3) is 4.66. The Balaban J connectivity index is 1.36. The molecule has 1 N–H and O–H groups in total. The van der Waals surface area contributed by atoms with Gasteiger partial charge in [-0.3, -0.25) is 9.59 Å². The number of ether oxygens (including phenoxy) is 1. The standard InChI is InChI=1S/C23H26N4O5/c1-14-12-21(26-31-14)24-22(28)17-8-10-27(11-9-17)23(29)18-6-4-5-7-20(18)30-13-19-15(2)25-32-16(19)3/h4-7,12,17H,8-11,13H2,1-3H3,(H,24,26,28). The van der Waals surface area contributed by atoms with E-state index in [1.54, 1.807) is 30.0 Å². The van der Waals surface area contributed by atoms with Crippen LogP contribution in [-0.2, 0) is 11.4 Å². The van der Waals surface area contributed by atoms with Crippen LogP contribution < -0.4 is 10.1 Å². The predicted molar refractivity (Wildman–Crippen MR) is 115 cm³/mol. The number of aromatic nitrogens is 2. The molecule has 1 aliphatic heterocycles. The molecule has 1 aromatic carbocycles. The molecule has 1 saturated heterocycles. The van der Waals surface area contributed by atoms with Gasteiger partial charge in [0.1, 0.15) is 23.9 Å². The van der Waals surface area contributed by atoms with Crippen LogP contribution in [0.2, 0.25) is 0 Å². The molecule has 0 radical (unpaired) electrons. The molecule has 3 heterocycles.